The number of hydrogen-bond acceptors (Lipinski definition) is 4. The minimum Gasteiger partial charge on any atom is -0.380 e. The molecule has 1 saturated heterocycles. The van der Waals surface area contributed by atoms with Crippen LogP contribution in [0.1, 0.15) is 24.8 Å². The Balaban J connectivity index is 1.79. The standard InChI is InChI=1S/C15H17BrN2O3/c1-21-8-10-11(16)3-2-4-12(10)17-13-7-14(19)18(15(13)20)9-5-6-9/h2-4,9,13,17H,5-8H2,1H3. The van der Waals surface area contributed by atoms with Gasteiger partial charge < -0.3 is 10.1 Å². The Labute approximate surface area is 131 Å². The SMILES string of the molecule is COCc1c(Br)cccc1NC1CC(=O)N(C2CC2)C1=O. The third-order valence-corrected chi connectivity index (χ3v) is 4.58. The predicted octanol–water partition coefficient (Wildman–Crippen LogP) is 2.30. The number of halogens is 1. The molecule has 1 atom stereocenters. The van der Waals surface area contributed by atoms with Gasteiger partial charge in [0.05, 0.1) is 13.0 Å². The van der Waals surface area contributed by atoms with Crippen LogP contribution in [-0.2, 0) is 20.9 Å². The van der Waals surface area contributed by atoms with E-state index in [0.717, 1.165) is 28.6 Å². The van der Waals surface area contributed by atoms with Gasteiger partial charge >= 0.3 is 0 Å². The van der Waals surface area contributed by atoms with Crippen molar-refractivity contribution in [2.45, 2.75) is 38.0 Å². The molecule has 0 radical (unpaired) electrons. The van der Waals surface area contributed by atoms with Crippen molar-refractivity contribution in [1.29, 1.82) is 0 Å². The molecule has 0 spiro atoms. The van der Waals surface area contributed by atoms with Crippen molar-refractivity contribution in [2.24, 2.45) is 0 Å². The van der Waals surface area contributed by atoms with Gasteiger partial charge in [-0.1, -0.05) is 22.0 Å². The number of carbonyl (C=O) groups is 2. The van der Waals surface area contributed by atoms with Crippen molar-refractivity contribution >= 4 is 33.4 Å². The zero-order valence-corrected chi connectivity index (χ0v) is 13.4. The Hall–Kier alpha value is -1.40. The van der Waals surface area contributed by atoms with Gasteiger partial charge in [0.15, 0.2) is 0 Å². The third kappa shape index (κ3) is 2.82. The number of nitrogens with one attached hydrogen (secondary N) is 1. The van der Waals surface area contributed by atoms with E-state index in [1.807, 2.05) is 18.2 Å². The molecule has 0 bridgehead atoms. The van der Waals surface area contributed by atoms with E-state index >= 15 is 0 Å². The molecule has 1 aliphatic heterocycles. The lowest BCUT2D eigenvalue weighted by molar-refractivity contribution is -0.139. The summed E-state index contributed by atoms with van der Waals surface area (Å²) < 4.78 is 6.12. The molecule has 3 rings (SSSR count). The number of hydrogen-bond donors (Lipinski definition) is 1. The van der Waals surface area contributed by atoms with Crippen LogP contribution in [0, 0.1) is 0 Å². The minimum atomic E-state index is -0.469. The Morgan fingerprint density at radius 2 is 2.14 bits per heavy atom. The molecule has 2 aliphatic rings. The van der Waals surface area contributed by atoms with E-state index in [1.165, 1.54) is 4.90 Å². The largest absolute Gasteiger partial charge is 0.380 e. The summed E-state index contributed by atoms with van der Waals surface area (Å²) in [5.41, 5.74) is 1.78. The average Bonchev–Trinajstić information content (AvgIpc) is 3.22. The van der Waals surface area contributed by atoms with Gasteiger partial charge in [0.1, 0.15) is 6.04 Å². The summed E-state index contributed by atoms with van der Waals surface area (Å²) in [5.74, 6) is -0.172. The summed E-state index contributed by atoms with van der Waals surface area (Å²) in [6.07, 6.45) is 2.11. The van der Waals surface area contributed by atoms with E-state index in [9.17, 15) is 9.59 Å². The van der Waals surface area contributed by atoms with Gasteiger partial charge in [0.25, 0.3) is 5.91 Å². The van der Waals surface area contributed by atoms with Crippen LogP contribution in [0.25, 0.3) is 0 Å². The Morgan fingerprint density at radius 3 is 2.81 bits per heavy atom. The van der Waals surface area contributed by atoms with Gasteiger partial charge in [-0.15, -0.1) is 0 Å². The van der Waals surface area contributed by atoms with Crippen molar-refractivity contribution in [3.63, 3.8) is 0 Å². The Kier molecular flexibility index (Phi) is 3.99. The van der Waals surface area contributed by atoms with Gasteiger partial charge in [0.2, 0.25) is 5.91 Å². The van der Waals surface area contributed by atoms with Gasteiger partial charge in [-0.05, 0) is 25.0 Å². The van der Waals surface area contributed by atoms with Crippen LogP contribution in [0.5, 0.6) is 0 Å². The number of benzene rings is 1. The summed E-state index contributed by atoms with van der Waals surface area (Å²) in [7, 11) is 1.63. The fraction of sp³-hybridized carbons (Fsp3) is 0.467. The predicted molar refractivity (Wildman–Crippen MR) is 81.8 cm³/mol. The maximum absolute atomic E-state index is 12.4. The highest BCUT2D eigenvalue weighted by Gasteiger charge is 2.46. The van der Waals surface area contributed by atoms with Gasteiger partial charge in [-0.25, -0.2) is 0 Å². The average molecular weight is 353 g/mol. The fourth-order valence-electron chi connectivity index (χ4n) is 2.65. The molecule has 6 heteroatoms. The van der Waals surface area contributed by atoms with Crippen LogP contribution in [0.15, 0.2) is 22.7 Å². The van der Waals surface area contributed by atoms with E-state index in [2.05, 4.69) is 21.2 Å². The number of amides is 2. The number of rotatable bonds is 5. The maximum Gasteiger partial charge on any atom is 0.252 e. The smallest absolute Gasteiger partial charge is 0.252 e. The van der Waals surface area contributed by atoms with E-state index in [4.69, 9.17) is 4.74 Å². The number of anilines is 1. The molecular formula is C15H17BrN2O3. The first-order valence-electron chi connectivity index (χ1n) is 7.00. The lowest BCUT2D eigenvalue weighted by Crippen LogP contribution is -2.36. The number of likely N-dealkylation sites (tertiary alicyclic amines) is 1. The minimum absolute atomic E-state index is 0.0664. The molecule has 1 unspecified atom stereocenters. The van der Waals surface area contributed by atoms with Crippen LogP contribution in [0.2, 0.25) is 0 Å². The Morgan fingerprint density at radius 1 is 1.38 bits per heavy atom. The Bertz CT molecular complexity index is 586. The molecule has 1 saturated carbocycles. The normalized spacial score (nSPS) is 22.0. The molecule has 5 nitrogen and oxygen atoms in total. The van der Waals surface area contributed by atoms with Crippen molar-refractivity contribution in [3.8, 4) is 0 Å². The van der Waals surface area contributed by atoms with Gasteiger partial charge in [-0.2, -0.15) is 0 Å². The lowest BCUT2D eigenvalue weighted by atomic mass is 10.1. The molecule has 1 aromatic rings. The van der Waals surface area contributed by atoms with E-state index in [1.54, 1.807) is 7.11 Å². The molecule has 1 N–H and O–H groups in total. The quantitative estimate of drug-likeness (QED) is 0.826. The summed E-state index contributed by atoms with van der Waals surface area (Å²) in [6.45, 7) is 0.435. The molecule has 1 aliphatic carbocycles. The highest BCUT2D eigenvalue weighted by molar-refractivity contribution is 9.10. The fourth-order valence-corrected chi connectivity index (χ4v) is 3.13. The second-order valence-electron chi connectivity index (χ2n) is 5.43. The molecule has 21 heavy (non-hydrogen) atoms. The number of methoxy groups -OCH3 is 1. The van der Waals surface area contributed by atoms with Crippen molar-refractivity contribution < 1.29 is 14.3 Å². The van der Waals surface area contributed by atoms with Crippen LogP contribution in [0.3, 0.4) is 0 Å². The van der Waals surface area contributed by atoms with Crippen LogP contribution in [-0.4, -0.2) is 35.9 Å². The van der Waals surface area contributed by atoms with Crippen molar-refractivity contribution in [2.75, 3.05) is 12.4 Å². The second-order valence-corrected chi connectivity index (χ2v) is 6.29. The molecule has 2 fully saturated rings. The van der Waals surface area contributed by atoms with E-state index in [-0.39, 0.29) is 24.3 Å². The van der Waals surface area contributed by atoms with Crippen molar-refractivity contribution in [3.05, 3.63) is 28.2 Å². The molecule has 2 amide bonds. The topological polar surface area (TPSA) is 58.6 Å². The third-order valence-electron chi connectivity index (χ3n) is 3.83. The zero-order chi connectivity index (χ0) is 15.0. The first kappa shape index (κ1) is 14.5. The van der Waals surface area contributed by atoms with Crippen LogP contribution >= 0.6 is 15.9 Å². The molecular weight excluding hydrogens is 336 g/mol. The van der Waals surface area contributed by atoms with Gasteiger partial charge in [-0.3, -0.25) is 14.5 Å². The summed E-state index contributed by atoms with van der Waals surface area (Å²) in [6, 6.07) is 5.39. The summed E-state index contributed by atoms with van der Waals surface area (Å²) in [4.78, 5) is 25.8. The first-order valence-corrected chi connectivity index (χ1v) is 7.80. The monoisotopic (exact) mass is 352 g/mol. The lowest BCUT2D eigenvalue weighted by Gasteiger charge is -2.18. The molecule has 112 valence electrons. The van der Waals surface area contributed by atoms with E-state index in [0.29, 0.717) is 6.61 Å². The number of carbonyl (C=O) groups excluding carboxylic acids is 2. The van der Waals surface area contributed by atoms with Crippen LogP contribution < -0.4 is 5.32 Å². The highest BCUT2D eigenvalue weighted by atomic mass is 79.9. The van der Waals surface area contributed by atoms with Crippen molar-refractivity contribution in [1.82, 2.24) is 4.90 Å². The van der Waals surface area contributed by atoms with Crippen LogP contribution in [0.4, 0.5) is 5.69 Å². The van der Waals surface area contributed by atoms with E-state index < -0.39 is 6.04 Å². The summed E-state index contributed by atoms with van der Waals surface area (Å²) >= 11 is 3.49. The first-order chi connectivity index (χ1) is 10.1. The van der Waals surface area contributed by atoms with Gasteiger partial charge in [0, 0.05) is 28.9 Å². The number of nitrogens with zero attached hydrogens (tertiary/aromatic N) is 1. The molecule has 0 aromatic heterocycles. The zero-order valence-electron chi connectivity index (χ0n) is 11.8. The number of imide groups is 1. The molecule has 1 aromatic carbocycles. The summed E-state index contributed by atoms with van der Waals surface area (Å²) in [5, 5.41) is 3.21. The molecule has 1 heterocycles. The maximum atomic E-state index is 12.4. The second kappa shape index (κ2) is 5.77. The highest BCUT2D eigenvalue weighted by Crippen LogP contribution is 2.33. The number of ether oxygens (including phenoxy) is 1.